The molecule has 0 saturated carbocycles. The molecule has 0 amide bonds. The van der Waals surface area contributed by atoms with E-state index in [1.165, 1.54) is 9.13 Å². The van der Waals surface area contributed by atoms with E-state index in [-0.39, 0.29) is 0 Å². The first kappa shape index (κ1) is 11.2. The summed E-state index contributed by atoms with van der Waals surface area (Å²) in [4.78, 5) is 23.2. The fraction of sp³-hybridized carbons (Fsp3) is 0.167. The van der Waals surface area contributed by atoms with E-state index in [2.05, 4.69) is 0 Å². The van der Waals surface area contributed by atoms with Gasteiger partial charge in [0.05, 0.1) is 7.11 Å². The largest absolute Gasteiger partial charge is 0.497 e. The van der Waals surface area contributed by atoms with Gasteiger partial charge in [-0.3, -0.25) is 14.2 Å². The summed E-state index contributed by atoms with van der Waals surface area (Å²) in [6, 6.07) is 6.91. The summed E-state index contributed by atoms with van der Waals surface area (Å²) in [6.45, 7) is 0. The number of rotatable bonds is 2. The van der Waals surface area contributed by atoms with Crippen LogP contribution < -0.4 is 15.9 Å². The molecule has 2 aromatic rings. The maximum Gasteiger partial charge on any atom is 0.320 e. The summed E-state index contributed by atoms with van der Waals surface area (Å²) in [5.74, 6) is 0.700. The van der Waals surface area contributed by atoms with Crippen LogP contribution in [0.4, 0.5) is 0 Å². The second kappa shape index (κ2) is 4.29. The van der Waals surface area contributed by atoms with Gasteiger partial charge in [-0.2, -0.15) is 0 Å². The van der Waals surface area contributed by atoms with Gasteiger partial charge in [-0.1, -0.05) is 0 Å². The molecule has 1 aromatic carbocycles. The lowest BCUT2D eigenvalue weighted by atomic mass is 10.3. The SMILES string of the molecule is COc1ccc(-n2ccn(C)c(=O)c2=O)cc1. The Morgan fingerprint density at radius 3 is 2.24 bits per heavy atom. The van der Waals surface area contributed by atoms with E-state index >= 15 is 0 Å². The van der Waals surface area contributed by atoms with Gasteiger partial charge in [0.1, 0.15) is 5.75 Å². The summed E-state index contributed by atoms with van der Waals surface area (Å²) in [7, 11) is 3.11. The quantitative estimate of drug-likeness (QED) is 0.710. The zero-order valence-corrected chi connectivity index (χ0v) is 9.58. The van der Waals surface area contributed by atoms with Crippen LogP contribution in [-0.4, -0.2) is 16.2 Å². The van der Waals surface area contributed by atoms with Crippen LogP contribution in [-0.2, 0) is 7.05 Å². The number of ether oxygens (including phenoxy) is 1. The van der Waals surface area contributed by atoms with Crippen molar-refractivity contribution in [2.45, 2.75) is 0 Å². The van der Waals surface area contributed by atoms with Crippen molar-refractivity contribution in [2.24, 2.45) is 7.05 Å². The predicted molar refractivity (Wildman–Crippen MR) is 63.8 cm³/mol. The first-order chi connectivity index (χ1) is 8.13. The number of aryl methyl sites for hydroxylation is 1. The summed E-state index contributed by atoms with van der Waals surface area (Å²) >= 11 is 0. The molecule has 2 rings (SSSR count). The van der Waals surface area contributed by atoms with Crippen molar-refractivity contribution >= 4 is 0 Å². The second-order valence-electron chi connectivity index (χ2n) is 3.59. The van der Waals surface area contributed by atoms with Gasteiger partial charge < -0.3 is 9.30 Å². The third-order valence-electron chi connectivity index (χ3n) is 2.51. The number of hydrogen-bond acceptors (Lipinski definition) is 3. The lowest BCUT2D eigenvalue weighted by molar-refractivity contribution is 0.414. The molecule has 0 radical (unpaired) electrons. The van der Waals surface area contributed by atoms with Gasteiger partial charge >= 0.3 is 11.1 Å². The van der Waals surface area contributed by atoms with Gasteiger partial charge in [-0.25, -0.2) is 0 Å². The van der Waals surface area contributed by atoms with E-state index in [4.69, 9.17) is 4.74 Å². The zero-order valence-electron chi connectivity index (χ0n) is 9.58. The van der Waals surface area contributed by atoms with Crippen LogP contribution in [0.5, 0.6) is 5.75 Å². The molecule has 17 heavy (non-hydrogen) atoms. The molecule has 0 aliphatic heterocycles. The molecule has 0 aliphatic rings. The molecule has 1 heterocycles. The summed E-state index contributed by atoms with van der Waals surface area (Å²) < 4.78 is 7.58. The van der Waals surface area contributed by atoms with Gasteiger partial charge in [0.2, 0.25) is 0 Å². The summed E-state index contributed by atoms with van der Waals surface area (Å²) in [5.41, 5.74) is -0.489. The highest BCUT2D eigenvalue weighted by molar-refractivity contribution is 5.37. The first-order valence-electron chi connectivity index (χ1n) is 5.06. The van der Waals surface area contributed by atoms with Gasteiger partial charge in [0.25, 0.3) is 0 Å². The number of nitrogens with zero attached hydrogens (tertiary/aromatic N) is 2. The van der Waals surface area contributed by atoms with Crippen molar-refractivity contribution in [3.05, 3.63) is 57.4 Å². The molecule has 0 aliphatic carbocycles. The van der Waals surface area contributed by atoms with Gasteiger partial charge in [-0.15, -0.1) is 0 Å². The predicted octanol–water partition coefficient (Wildman–Crippen LogP) is 0.545. The van der Waals surface area contributed by atoms with Gasteiger partial charge in [0, 0.05) is 25.1 Å². The smallest absolute Gasteiger partial charge is 0.320 e. The molecule has 0 saturated heterocycles. The van der Waals surface area contributed by atoms with Crippen LogP contribution in [0.2, 0.25) is 0 Å². The molecule has 5 heteroatoms. The van der Waals surface area contributed by atoms with E-state index in [1.54, 1.807) is 50.8 Å². The van der Waals surface area contributed by atoms with Crippen molar-refractivity contribution in [3.63, 3.8) is 0 Å². The molecule has 5 nitrogen and oxygen atoms in total. The van der Waals surface area contributed by atoms with E-state index < -0.39 is 11.1 Å². The van der Waals surface area contributed by atoms with Gasteiger partial charge in [0.15, 0.2) is 0 Å². The molecule has 0 unspecified atom stereocenters. The Morgan fingerprint density at radius 1 is 1.00 bits per heavy atom. The van der Waals surface area contributed by atoms with Crippen molar-refractivity contribution in [2.75, 3.05) is 7.11 Å². The molecule has 1 aromatic heterocycles. The molecule has 0 bridgehead atoms. The molecule has 0 atom stereocenters. The molecule has 88 valence electrons. The summed E-state index contributed by atoms with van der Waals surface area (Å²) in [6.07, 6.45) is 3.11. The average Bonchev–Trinajstić information content (AvgIpc) is 2.36. The van der Waals surface area contributed by atoms with Crippen LogP contribution in [0.3, 0.4) is 0 Å². The summed E-state index contributed by atoms with van der Waals surface area (Å²) in [5, 5.41) is 0. The van der Waals surface area contributed by atoms with Gasteiger partial charge in [-0.05, 0) is 24.3 Å². The fourth-order valence-electron chi connectivity index (χ4n) is 1.50. The Hall–Kier alpha value is -2.30. The maximum absolute atomic E-state index is 11.7. The van der Waals surface area contributed by atoms with Crippen LogP contribution >= 0.6 is 0 Å². The Labute approximate surface area is 97.5 Å². The fourth-order valence-corrected chi connectivity index (χ4v) is 1.50. The van der Waals surface area contributed by atoms with Crippen LogP contribution in [0, 0.1) is 0 Å². The van der Waals surface area contributed by atoms with E-state index in [0.717, 1.165) is 0 Å². The average molecular weight is 232 g/mol. The van der Waals surface area contributed by atoms with E-state index in [0.29, 0.717) is 11.4 Å². The number of hydrogen-bond donors (Lipinski definition) is 0. The first-order valence-corrected chi connectivity index (χ1v) is 5.06. The second-order valence-corrected chi connectivity index (χ2v) is 3.59. The molecule has 0 fully saturated rings. The Morgan fingerprint density at radius 2 is 1.65 bits per heavy atom. The van der Waals surface area contributed by atoms with Crippen molar-refractivity contribution in [1.82, 2.24) is 9.13 Å². The lowest BCUT2D eigenvalue weighted by Gasteiger charge is -2.06. The maximum atomic E-state index is 11.7. The minimum atomic E-state index is -0.569. The minimum absolute atomic E-state index is 0.552. The standard InChI is InChI=1S/C12H12N2O3/c1-13-7-8-14(12(16)11(13)15)9-3-5-10(17-2)6-4-9/h3-8H,1-2H3. The Kier molecular flexibility index (Phi) is 2.82. The van der Waals surface area contributed by atoms with Crippen LogP contribution in [0.15, 0.2) is 46.2 Å². The zero-order chi connectivity index (χ0) is 12.4. The Balaban J connectivity index is 2.57. The van der Waals surface area contributed by atoms with Crippen molar-refractivity contribution in [3.8, 4) is 11.4 Å². The van der Waals surface area contributed by atoms with E-state index in [1.807, 2.05) is 0 Å². The number of aromatic nitrogens is 2. The van der Waals surface area contributed by atoms with E-state index in [9.17, 15) is 9.59 Å². The highest BCUT2D eigenvalue weighted by atomic mass is 16.5. The normalized spacial score (nSPS) is 10.2. The molecular formula is C12H12N2O3. The monoisotopic (exact) mass is 232 g/mol. The van der Waals surface area contributed by atoms with Crippen LogP contribution in [0.1, 0.15) is 0 Å². The lowest BCUT2D eigenvalue weighted by Crippen LogP contribution is -2.38. The van der Waals surface area contributed by atoms with Crippen molar-refractivity contribution < 1.29 is 4.74 Å². The number of benzene rings is 1. The molecule has 0 spiro atoms. The molecule has 0 N–H and O–H groups in total. The topological polar surface area (TPSA) is 53.2 Å². The third-order valence-corrected chi connectivity index (χ3v) is 2.51. The minimum Gasteiger partial charge on any atom is -0.497 e. The highest BCUT2D eigenvalue weighted by Crippen LogP contribution is 2.12. The third kappa shape index (κ3) is 1.99. The van der Waals surface area contributed by atoms with Crippen molar-refractivity contribution in [1.29, 1.82) is 0 Å². The Bertz CT molecular complexity index is 638. The molecular weight excluding hydrogens is 220 g/mol. The highest BCUT2D eigenvalue weighted by Gasteiger charge is 2.04. The number of methoxy groups -OCH3 is 1. The van der Waals surface area contributed by atoms with Crippen LogP contribution in [0.25, 0.3) is 5.69 Å².